The fourth-order valence-corrected chi connectivity index (χ4v) is 5.00. The van der Waals surface area contributed by atoms with Crippen LogP contribution in [0.4, 0.5) is 18.9 Å². The second-order valence-electron chi connectivity index (χ2n) is 10.6. The molecule has 226 valence electrons. The number of nitrogens with one attached hydrogen (secondary N) is 2. The number of fused-ring (bicyclic) bond motifs is 1. The van der Waals surface area contributed by atoms with E-state index in [4.69, 9.17) is 9.47 Å². The molecule has 0 aliphatic carbocycles. The average molecular weight is 603 g/mol. The Kier molecular flexibility index (Phi) is 8.16. The van der Waals surface area contributed by atoms with Crippen LogP contribution in [-0.2, 0) is 6.18 Å². The SMILES string of the molecule is Cc1cnc(-c2cc(Oc3ccc4ncc(C(=O)Nc5cc(OCCN6CCCC6)cc(C(F)(F)F)c5)cc4c3)ccn2)[nH]1. The Bertz CT molecular complexity index is 1800. The van der Waals surface area contributed by atoms with E-state index in [1.165, 1.54) is 12.3 Å². The lowest BCUT2D eigenvalue weighted by molar-refractivity contribution is -0.137. The van der Waals surface area contributed by atoms with Gasteiger partial charge in [-0.3, -0.25) is 19.7 Å². The number of aromatic nitrogens is 4. The Balaban J connectivity index is 1.18. The molecule has 6 rings (SSSR count). The predicted molar refractivity (Wildman–Crippen MR) is 159 cm³/mol. The molecule has 12 heteroatoms. The third kappa shape index (κ3) is 6.97. The van der Waals surface area contributed by atoms with Gasteiger partial charge in [0.1, 0.15) is 29.5 Å². The number of carbonyl (C=O) groups is 1. The minimum absolute atomic E-state index is 0.0292. The molecule has 3 aromatic heterocycles. The number of benzene rings is 2. The van der Waals surface area contributed by atoms with Crippen molar-refractivity contribution in [2.75, 3.05) is 31.6 Å². The van der Waals surface area contributed by atoms with Gasteiger partial charge in [-0.1, -0.05) is 0 Å². The van der Waals surface area contributed by atoms with Gasteiger partial charge in [0.05, 0.1) is 16.6 Å². The van der Waals surface area contributed by atoms with Gasteiger partial charge in [-0.2, -0.15) is 13.2 Å². The molecule has 44 heavy (non-hydrogen) atoms. The molecule has 0 unspecified atom stereocenters. The first kappa shape index (κ1) is 29.1. The molecule has 0 radical (unpaired) electrons. The van der Waals surface area contributed by atoms with Gasteiger partial charge in [0.25, 0.3) is 5.91 Å². The highest BCUT2D eigenvalue weighted by Crippen LogP contribution is 2.34. The maximum Gasteiger partial charge on any atom is 0.416 e. The minimum atomic E-state index is -4.61. The van der Waals surface area contributed by atoms with Crippen molar-refractivity contribution in [2.45, 2.75) is 25.9 Å². The van der Waals surface area contributed by atoms with Gasteiger partial charge in [0, 0.05) is 54.0 Å². The number of amides is 1. The standard InChI is InChI=1S/C32H29F3N6O3/c1-20-18-38-30(39-20)29-17-26(6-7-36-29)44-25-4-5-28-21(13-25)12-22(19-37-28)31(42)40-24-14-23(32(33,34)35)15-27(16-24)43-11-10-41-8-2-3-9-41/h4-7,12-19H,2-3,8-11H2,1H3,(H,38,39)(H,40,42). The molecular formula is C32H29F3N6O3. The van der Waals surface area contributed by atoms with Crippen molar-refractivity contribution in [3.8, 4) is 28.8 Å². The highest BCUT2D eigenvalue weighted by Gasteiger charge is 2.32. The summed E-state index contributed by atoms with van der Waals surface area (Å²) in [6, 6.07) is 13.5. The first-order valence-electron chi connectivity index (χ1n) is 14.1. The molecule has 1 amide bonds. The van der Waals surface area contributed by atoms with Crippen LogP contribution in [-0.4, -0.2) is 57.0 Å². The maximum absolute atomic E-state index is 13.6. The number of pyridine rings is 2. The topological polar surface area (TPSA) is 105 Å². The van der Waals surface area contributed by atoms with E-state index in [1.807, 2.05) is 6.92 Å². The van der Waals surface area contributed by atoms with E-state index in [1.54, 1.807) is 48.8 Å². The van der Waals surface area contributed by atoms with E-state index in [2.05, 4.69) is 30.2 Å². The monoisotopic (exact) mass is 602 g/mol. The van der Waals surface area contributed by atoms with Gasteiger partial charge < -0.3 is 19.8 Å². The smallest absolute Gasteiger partial charge is 0.416 e. The highest BCUT2D eigenvalue weighted by molar-refractivity contribution is 6.06. The lowest BCUT2D eigenvalue weighted by atomic mass is 10.1. The van der Waals surface area contributed by atoms with Crippen molar-refractivity contribution < 1.29 is 27.4 Å². The molecule has 9 nitrogen and oxygen atoms in total. The molecule has 1 aliphatic heterocycles. The van der Waals surface area contributed by atoms with Crippen molar-refractivity contribution in [3.05, 3.63) is 90.0 Å². The third-order valence-electron chi connectivity index (χ3n) is 7.19. The van der Waals surface area contributed by atoms with E-state index in [0.717, 1.165) is 43.8 Å². The fourth-order valence-electron chi connectivity index (χ4n) is 5.00. The molecule has 2 N–H and O–H groups in total. The largest absolute Gasteiger partial charge is 0.492 e. The second-order valence-corrected chi connectivity index (χ2v) is 10.6. The summed E-state index contributed by atoms with van der Waals surface area (Å²) < 4.78 is 52.6. The Labute approximate surface area is 251 Å². The van der Waals surface area contributed by atoms with Gasteiger partial charge >= 0.3 is 6.18 Å². The predicted octanol–water partition coefficient (Wildman–Crippen LogP) is 6.87. The number of carbonyl (C=O) groups excluding carboxylic acids is 1. The molecule has 1 aliphatic rings. The number of hydrogen-bond acceptors (Lipinski definition) is 7. The summed E-state index contributed by atoms with van der Waals surface area (Å²) in [6.45, 7) is 4.68. The van der Waals surface area contributed by atoms with Crippen LogP contribution in [0.3, 0.4) is 0 Å². The van der Waals surface area contributed by atoms with E-state index in [-0.39, 0.29) is 23.6 Å². The highest BCUT2D eigenvalue weighted by atomic mass is 19.4. The number of likely N-dealkylation sites (tertiary alicyclic amines) is 1. The van der Waals surface area contributed by atoms with E-state index in [9.17, 15) is 18.0 Å². The van der Waals surface area contributed by atoms with Gasteiger partial charge in [0.2, 0.25) is 0 Å². The Morgan fingerprint density at radius 1 is 0.955 bits per heavy atom. The molecule has 2 aromatic carbocycles. The second kappa shape index (κ2) is 12.3. The average Bonchev–Trinajstić information content (AvgIpc) is 3.68. The molecule has 4 heterocycles. The number of anilines is 1. The van der Waals surface area contributed by atoms with Crippen molar-refractivity contribution in [3.63, 3.8) is 0 Å². The Hall–Kier alpha value is -4.97. The molecular weight excluding hydrogens is 573 g/mol. The summed E-state index contributed by atoms with van der Waals surface area (Å²) in [4.78, 5) is 31.5. The molecule has 0 spiro atoms. The molecule has 0 bridgehead atoms. The van der Waals surface area contributed by atoms with Crippen LogP contribution in [0.25, 0.3) is 22.4 Å². The van der Waals surface area contributed by atoms with Gasteiger partial charge in [-0.15, -0.1) is 0 Å². The lowest BCUT2D eigenvalue weighted by Gasteiger charge is -2.17. The number of aromatic amines is 1. The summed E-state index contributed by atoms with van der Waals surface area (Å²) in [6.07, 6.45) is 2.31. The number of nitrogens with zero attached hydrogens (tertiary/aromatic N) is 4. The van der Waals surface area contributed by atoms with Crippen LogP contribution in [0.15, 0.2) is 73.2 Å². The summed E-state index contributed by atoms with van der Waals surface area (Å²) in [5, 5.41) is 3.18. The molecule has 1 saturated heterocycles. The fraction of sp³-hybridized carbons (Fsp3) is 0.250. The normalized spacial score (nSPS) is 13.7. The van der Waals surface area contributed by atoms with Crippen LogP contribution < -0.4 is 14.8 Å². The van der Waals surface area contributed by atoms with Crippen molar-refractivity contribution >= 4 is 22.5 Å². The van der Waals surface area contributed by atoms with E-state index >= 15 is 0 Å². The maximum atomic E-state index is 13.6. The number of alkyl halides is 3. The number of halogens is 3. The quantitative estimate of drug-likeness (QED) is 0.190. The van der Waals surface area contributed by atoms with Crippen LogP contribution in [0.5, 0.6) is 17.2 Å². The van der Waals surface area contributed by atoms with Gasteiger partial charge in [0.15, 0.2) is 5.82 Å². The van der Waals surface area contributed by atoms with Gasteiger partial charge in [-0.25, -0.2) is 4.98 Å². The van der Waals surface area contributed by atoms with Crippen molar-refractivity contribution in [1.82, 2.24) is 24.8 Å². The number of hydrogen-bond donors (Lipinski definition) is 2. The third-order valence-corrected chi connectivity index (χ3v) is 7.19. The number of rotatable bonds is 9. The number of H-pyrrole nitrogens is 1. The first-order valence-corrected chi connectivity index (χ1v) is 14.1. The zero-order valence-corrected chi connectivity index (χ0v) is 23.8. The molecule has 5 aromatic rings. The zero-order valence-electron chi connectivity index (χ0n) is 23.8. The number of aryl methyl sites for hydroxylation is 1. The summed E-state index contributed by atoms with van der Waals surface area (Å²) in [7, 11) is 0. The Morgan fingerprint density at radius 3 is 2.55 bits per heavy atom. The molecule has 0 saturated carbocycles. The minimum Gasteiger partial charge on any atom is -0.492 e. The lowest BCUT2D eigenvalue weighted by Crippen LogP contribution is -2.25. The summed E-state index contributed by atoms with van der Waals surface area (Å²) >= 11 is 0. The van der Waals surface area contributed by atoms with Crippen LogP contribution in [0.1, 0.15) is 34.5 Å². The zero-order chi connectivity index (χ0) is 30.7. The molecule has 1 fully saturated rings. The Morgan fingerprint density at radius 2 is 1.77 bits per heavy atom. The van der Waals surface area contributed by atoms with Crippen LogP contribution >= 0.6 is 0 Å². The summed E-state index contributed by atoms with van der Waals surface area (Å²) in [5.41, 5.74) is 1.37. The summed E-state index contributed by atoms with van der Waals surface area (Å²) in [5.74, 6) is 1.08. The number of ether oxygens (including phenoxy) is 2. The van der Waals surface area contributed by atoms with Crippen molar-refractivity contribution in [1.29, 1.82) is 0 Å². The molecule has 0 atom stereocenters. The first-order chi connectivity index (χ1) is 21.2. The van der Waals surface area contributed by atoms with Gasteiger partial charge in [-0.05, 0) is 75.3 Å². The van der Waals surface area contributed by atoms with Crippen molar-refractivity contribution in [2.24, 2.45) is 0 Å². The van der Waals surface area contributed by atoms with Crippen LogP contribution in [0, 0.1) is 6.92 Å². The van der Waals surface area contributed by atoms with Crippen LogP contribution in [0.2, 0.25) is 0 Å². The number of imidazole rings is 1. The van der Waals surface area contributed by atoms with E-state index < -0.39 is 17.6 Å². The van der Waals surface area contributed by atoms with E-state index in [0.29, 0.717) is 40.5 Å².